The average molecular weight is 344 g/mol. The van der Waals surface area contributed by atoms with Gasteiger partial charge in [-0.05, 0) is 50.8 Å². The number of rotatable bonds is 5. The van der Waals surface area contributed by atoms with E-state index < -0.39 is 6.10 Å². The van der Waals surface area contributed by atoms with E-state index in [0.717, 1.165) is 30.6 Å². The summed E-state index contributed by atoms with van der Waals surface area (Å²) >= 11 is 0. The Bertz CT molecular complexity index is 728. The highest BCUT2D eigenvalue weighted by molar-refractivity contribution is 5.91. The third kappa shape index (κ3) is 4.39. The van der Waals surface area contributed by atoms with Gasteiger partial charge in [0.2, 0.25) is 5.76 Å². The van der Waals surface area contributed by atoms with E-state index in [1.807, 2.05) is 31.2 Å². The molecule has 2 N–H and O–H groups in total. The van der Waals surface area contributed by atoms with Gasteiger partial charge in [0.05, 0.1) is 11.8 Å². The molecule has 0 spiro atoms. The van der Waals surface area contributed by atoms with Crippen LogP contribution in [0.2, 0.25) is 0 Å². The maximum atomic E-state index is 12.1. The number of nitrogens with one attached hydrogen (secondary N) is 1. The first-order chi connectivity index (χ1) is 12.0. The van der Waals surface area contributed by atoms with Crippen molar-refractivity contribution in [2.45, 2.75) is 45.3 Å². The Hall–Kier alpha value is -2.34. The molecule has 2 aromatic rings. The second kappa shape index (κ2) is 7.70. The summed E-state index contributed by atoms with van der Waals surface area (Å²) in [6.45, 7) is 4.15. The second-order valence-corrected chi connectivity index (χ2v) is 6.70. The molecule has 1 aromatic carbocycles. The Labute approximate surface area is 147 Å². The molecule has 1 saturated carbocycles. The van der Waals surface area contributed by atoms with Gasteiger partial charge in [0.1, 0.15) is 11.9 Å². The highest BCUT2D eigenvalue weighted by Gasteiger charge is 2.33. The standard InChI is InChI=1S/C19H24N2O4/c1-12-5-3-7-15(9-12)24-16-8-4-6-14(18(16)22)11-20-19(23)17-10-13(2)21-25-17/h3,5,7,9-10,14,16,18,22H,4,6,8,11H2,1-2H3,(H,20,23)/t14-,16-,18-/m1/s1. The van der Waals surface area contributed by atoms with Crippen LogP contribution < -0.4 is 10.1 Å². The highest BCUT2D eigenvalue weighted by atomic mass is 16.5. The molecular weight excluding hydrogens is 320 g/mol. The lowest BCUT2D eigenvalue weighted by Gasteiger charge is -2.35. The van der Waals surface area contributed by atoms with Crippen molar-refractivity contribution in [2.24, 2.45) is 5.92 Å². The third-order valence-electron chi connectivity index (χ3n) is 4.58. The molecule has 6 nitrogen and oxygen atoms in total. The van der Waals surface area contributed by atoms with Crippen LogP contribution in [0.3, 0.4) is 0 Å². The summed E-state index contributed by atoms with van der Waals surface area (Å²) in [6.07, 6.45) is 1.73. The van der Waals surface area contributed by atoms with Crippen LogP contribution in [-0.2, 0) is 0 Å². The summed E-state index contributed by atoms with van der Waals surface area (Å²) in [4.78, 5) is 12.1. The summed E-state index contributed by atoms with van der Waals surface area (Å²) in [5.41, 5.74) is 1.78. The van der Waals surface area contributed by atoms with Gasteiger partial charge in [-0.15, -0.1) is 0 Å². The second-order valence-electron chi connectivity index (χ2n) is 6.70. The molecule has 25 heavy (non-hydrogen) atoms. The van der Waals surface area contributed by atoms with Crippen molar-refractivity contribution in [1.82, 2.24) is 10.5 Å². The number of aliphatic hydroxyl groups excluding tert-OH is 1. The van der Waals surface area contributed by atoms with Crippen LogP contribution in [0.25, 0.3) is 0 Å². The maximum absolute atomic E-state index is 12.1. The zero-order valence-corrected chi connectivity index (χ0v) is 14.6. The molecule has 3 atom stereocenters. The summed E-state index contributed by atoms with van der Waals surface area (Å²) in [6, 6.07) is 9.41. The largest absolute Gasteiger partial charge is 0.488 e. The van der Waals surface area contributed by atoms with Gasteiger partial charge in [-0.25, -0.2) is 0 Å². The Kier molecular flexibility index (Phi) is 5.38. The zero-order valence-electron chi connectivity index (χ0n) is 14.6. The monoisotopic (exact) mass is 344 g/mol. The van der Waals surface area contributed by atoms with E-state index in [1.165, 1.54) is 0 Å². The van der Waals surface area contributed by atoms with Gasteiger partial charge in [-0.1, -0.05) is 17.3 Å². The molecule has 1 amide bonds. The lowest BCUT2D eigenvalue weighted by atomic mass is 9.84. The first kappa shape index (κ1) is 17.5. The average Bonchev–Trinajstić information content (AvgIpc) is 3.02. The van der Waals surface area contributed by atoms with Gasteiger partial charge >= 0.3 is 0 Å². The fraction of sp³-hybridized carbons (Fsp3) is 0.474. The van der Waals surface area contributed by atoms with Gasteiger partial charge in [-0.2, -0.15) is 0 Å². The third-order valence-corrected chi connectivity index (χ3v) is 4.58. The van der Waals surface area contributed by atoms with E-state index >= 15 is 0 Å². The minimum atomic E-state index is -0.619. The smallest absolute Gasteiger partial charge is 0.289 e. The Morgan fingerprint density at radius 1 is 1.36 bits per heavy atom. The predicted molar refractivity (Wildman–Crippen MR) is 92.5 cm³/mol. The lowest BCUT2D eigenvalue weighted by Crippen LogP contribution is -2.45. The van der Waals surface area contributed by atoms with Crippen LogP contribution in [-0.4, -0.2) is 34.9 Å². The van der Waals surface area contributed by atoms with Crippen LogP contribution in [0.4, 0.5) is 0 Å². The van der Waals surface area contributed by atoms with Crippen molar-refractivity contribution in [2.75, 3.05) is 6.54 Å². The van der Waals surface area contributed by atoms with Gasteiger partial charge < -0.3 is 19.7 Å². The molecule has 3 rings (SSSR count). The van der Waals surface area contributed by atoms with E-state index in [4.69, 9.17) is 9.26 Å². The molecule has 0 aliphatic heterocycles. The summed E-state index contributed by atoms with van der Waals surface area (Å²) in [5.74, 6) is 0.604. The van der Waals surface area contributed by atoms with Crippen molar-refractivity contribution in [3.05, 3.63) is 47.3 Å². The van der Waals surface area contributed by atoms with Gasteiger partial charge in [0.25, 0.3) is 5.91 Å². The number of hydrogen-bond donors (Lipinski definition) is 2. The fourth-order valence-corrected chi connectivity index (χ4v) is 3.22. The van der Waals surface area contributed by atoms with Gasteiger partial charge in [-0.3, -0.25) is 4.79 Å². The SMILES string of the molecule is Cc1cccc(O[C@@H]2CCC[C@H](CNC(=O)c3cc(C)no3)[C@H]2O)c1. The van der Waals surface area contributed by atoms with Gasteiger partial charge in [0, 0.05) is 18.5 Å². The van der Waals surface area contributed by atoms with Crippen LogP contribution in [0.5, 0.6) is 5.75 Å². The molecule has 0 bridgehead atoms. The molecule has 6 heteroatoms. The molecule has 1 heterocycles. The van der Waals surface area contributed by atoms with Crippen LogP contribution in [0.1, 0.15) is 41.1 Å². The maximum Gasteiger partial charge on any atom is 0.289 e. The molecule has 1 aromatic heterocycles. The van der Waals surface area contributed by atoms with Crippen molar-refractivity contribution in [3.8, 4) is 5.75 Å². The van der Waals surface area contributed by atoms with Gasteiger partial charge in [0.15, 0.2) is 0 Å². The fourth-order valence-electron chi connectivity index (χ4n) is 3.22. The number of aromatic nitrogens is 1. The topological polar surface area (TPSA) is 84.6 Å². The molecule has 0 saturated heterocycles. The first-order valence-electron chi connectivity index (χ1n) is 8.66. The quantitative estimate of drug-likeness (QED) is 0.871. The number of hydrogen-bond acceptors (Lipinski definition) is 5. The van der Waals surface area contributed by atoms with Crippen molar-refractivity contribution < 1.29 is 19.2 Å². The van der Waals surface area contributed by atoms with Crippen LogP contribution >= 0.6 is 0 Å². The number of carbonyl (C=O) groups excluding carboxylic acids is 1. The number of ether oxygens (including phenoxy) is 1. The Morgan fingerprint density at radius 2 is 2.20 bits per heavy atom. The molecule has 0 unspecified atom stereocenters. The minimum absolute atomic E-state index is 0.0449. The minimum Gasteiger partial charge on any atom is -0.488 e. The number of aliphatic hydroxyl groups is 1. The van der Waals surface area contributed by atoms with E-state index in [0.29, 0.717) is 12.2 Å². The predicted octanol–water partition coefficient (Wildman–Crippen LogP) is 2.63. The molecule has 134 valence electrons. The van der Waals surface area contributed by atoms with E-state index in [2.05, 4.69) is 10.5 Å². The summed E-state index contributed by atoms with van der Waals surface area (Å²) < 4.78 is 10.9. The van der Waals surface area contributed by atoms with Crippen molar-refractivity contribution in [1.29, 1.82) is 0 Å². The van der Waals surface area contributed by atoms with Crippen LogP contribution in [0, 0.1) is 19.8 Å². The number of nitrogens with zero attached hydrogens (tertiary/aromatic N) is 1. The summed E-state index contributed by atoms with van der Waals surface area (Å²) in [5, 5.41) is 17.2. The van der Waals surface area contributed by atoms with Crippen molar-refractivity contribution in [3.63, 3.8) is 0 Å². The molecule has 0 radical (unpaired) electrons. The Morgan fingerprint density at radius 3 is 2.92 bits per heavy atom. The molecule has 1 aliphatic rings. The molecule has 1 aliphatic carbocycles. The molecular formula is C19H24N2O4. The molecule has 1 fully saturated rings. The first-order valence-corrected chi connectivity index (χ1v) is 8.66. The number of benzene rings is 1. The number of aryl methyl sites for hydroxylation is 2. The van der Waals surface area contributed by atoms with E-state index in [1.54, 1.807) is 13.0 Å². The number of carbonyl (C=O) groups is 1. The van der Waals surface area contributed by atoms with E-state index in [-0.39, 0.29) is 23.7 Å². The lowest BCUT2D eigenvalue weighted by molar-refractivity contribution is -0.0301. The van der Waals surface area contributed by atoms with Crippen LogP contribution in [0.15, 0.2) is 34.9 Å². The van der Waals surface area contributed by atoms with Crippen molar-refractivity contribution >= 4 is 5.91 Å². The van der Waals surface area contributed by atoms with E-state index in [9.17, 15) is 9.90 Å². The zero-order chi connectivity index (χ0) is 17.8. The highest BCUT2D eigenvalue weighted by Crippen LogP contribution is 2.28. The Balaban J connectivity index is 1.56. The normalized spacial score (nSPS) is 23.2. The number of amides is 1. The summed E-state index contributed by atoms with van der Waals surface area (Å²) in [7, 11) is 0.